The highest BCUT2D eigenvalue weighted by Gasteiger charge is 2.32. The molecule has 7 heteroatoms. The predicted molar refractivity (Wildman–Crippen MR) is 97.7 cm³/mol. The molecule has 1 aliphatic rings. The lowest BCUT2D eigenvalue weighted by Crippen LogP contribution is -2.42. The second-order valence-corrected chi connectivity index (χ2v) is 9.88. The van der Waals surface area contributed by atoms with Crippen molar-refractivity contribution in [1.29, 1.82) is 0 Å². The number of rotatable bonds is 7. The van der Waals surface area contributed by atoms with Crippen LogP contribution in [0.15, 0.2) is 12.4 Å². The molecule has 0 bridgehead atoms. The van der Waals surface area contributed by atoms with Gasteiger partial charge in [0.25, 0.3) is 0 Å². The van der Waals surface area contributed by atoms with Crippen LogP contribution in [0, 0.1) is 11.8 Å². The summed E-state index contributed by atoms with van der Waals surface area (Å²) in [7, 11) is 3.35. The molecule has 6 nitrogen and oxygen atoms in total. The largest absolute Gasteiger partial charge is 0.306 e. The Morgan fingerprint density at radius 3 is 2.71 bits per heavy atom. The van der Waals surface area contributed by atoms with Crippen LogP contribution < -0.4 is 0 Å². The Morgan fingerprint density at radius 2 is 2.12 bits per heavy atom. The van der Waals surface area contributed by atoms with Gasteiger partial charge in [-0.05, 0) is 45.3 Å². The Hall–Kier alpha value is -0.920. The first-order valence-electron chi connectivity index (χ1n) is 8.70. The van der Waals surface area contributed by atoms with Crippen molar-refractivity contribution < 1.29 is 8.42 Å². The van der Waals surface area contributed by atoms with Crippen molar-refractivity contribution in [3.63, 3.8) is 0 Å². The van der Waals surface area contributed by atoms with Crippen LogP contribution in [0.4, 0.5) is 0 Å². The van der Waals surface area contributed by atoms with E-state index in [9.17, 15) is 8.42 Å². The topological polar surface area (TPSA) is 58.4 Å². The maximum absolute atomic E-state index is 11.5. The smallest absolute Gasteiger partial charge is 0.147 e. The molecule has 1 aromatic rings. The van der Waals surface area contributed by atoms with Crippen molar-refractivity contribution >= 4 is 9.84 Å². The van der Waals surface area contributed by atoms with Gasteiger partial charge < -0.3 is 4.90 Å². The van der Waals surface area contributed by atoms with E-state index < -0.39 is 9.84 Å². The Morgan fingerprint density at radius 1 is 1.42 bits per heavy atom. The molecule has 0 saturated carbocycles. The third-order valence-corrected chi connectivity index (χ3v) is 6.00. The Labute approximate surface area is 146 Å². The fraction of sp³-hybridized carbons (Fsp3) is 0.824. The lowest BCUT2D eigenvalue weighted by Gasteiger charge is -2.40. The van der Waals surface area contributed by atoms with Crippen molar-refractivity contribution in [1.82, 2.24) is 19.6 Å². The molecule has 138 valence electrons. The maximum Gasteiger partial charge on any atom is 0.147 e. The molecule has 24 heavy (non-hydrogen) atoms. The lowest BCUT2D eigenvalue weighted by atomic mass is 9.85. The summed E-state index contributed by atoms with van der Waals surface area (Å²) < 4.78 is 24.8. The van der Waals surface area contributed by atoms with Gasteiger partial charge in [0.15, 0.2) is 0 Å². The van der Waals surface area contributed by atoms with Crippen LogP contribution in [-0.2, 0) is 16.9 Å². The molecule has 1 aromatic heterocycles. The fourth-order valence-electron chi connectivity index (χ4n) is 4.15. The Bertz CT molecular complexity index is 628. The van der Waals surface area contributed by atoms with E-state index in [1.54, 1.807) is 0 Å². The van der Waals surface area contributed by atoms with Crippen LogP contribution in [0.1, 0.15) is 31.4 Å². The molecule has 0 spiro atoms. The second-order valence-electron chi connectivity index (χ2n) is 7.69. The molecule has 0 aliphatic carbocycles. The van der Waals surface area contributed by atoms with E-state index >= 15 is 0 Å². The van der Waals surface area contributed by atoms with Crippen LogP contribution in [0.5, 0.6) is 0 Å². The first-order chi connectivity index (χ1) is 11.2. The van der Waals surface area contributed by atoms with Gasteiger partial charge in [-0.25, -0.2) is 8.42 Å². The molecular formula is C17H32N4O2S. The Balaban J connectivity index is 2.00. The molecule has 2 heterocycles. The maximum atomic E-state index is 11.5. The van der Waals surface area contributed by atoms with E-state index in [2.05, 4.69) is 35.2 Å². The van der Waals surface area contributed by atoms with E-state index in [1.807, 2.05) is 24.9 Å². The van der Waals surface area contributed by atoms with Crippen molar-refractivity contribution in [3.05, 3.63) is 18.0 Å². The first kappa shape index (κ1) is 19.4. The number of hydrogen-bond acceptors (Lipinski definition) is 5. The van der Waals surface area contributed by atoms with Gasteiger partial charge in [0.05, 0.1) is 11.9 Å². The average molecular weight is 357 g/mol. The number of piperidine rings is 1. The summed E-state index contributed by atoms with van der Waals surface area (Å²) in [4.78, 5) is 4.72. The molecule has 1 saturated heterocycles. The minimum absolute atomic E-state index is 0.156. The number of sulfone groups is 1. The lowest BCUT2D eigenvalue weighted by molar-refractivity contribution is 0.0914. The molecular weight excluding hydrogens is 324 g/mol. The van der Waals surface area contributed by atoms with Gasteiger partial charge in [-0.15, -0.1) is 0 Å². The van der Waals surface area contributed by atoms with Gasteiger partial charge in [-0.3, -0.25) is 9.58 Å². The molecule has 0 N–H and O–H groups in total. The SMILES string of the molecule is CC(CN(C)C[C@@H]1CCCN(C)[C@H]1c1cnn(C)c1)CS(C)(=O)=O. The molecule has 0 radical (unpaired) electrons. The van der Waals surface area contributed by atoms with Gasteiger partial charge >= 0.3 is 0 Å². The number of aromatic nitrogens is 2. The summed E-state index contributed by atoms with van der Waals surface area (Å²) in [5, 5.41) is 4.34. The monoisotopic (exact) mass is 356 g/mol. The van der Waals surface area contributed by atoms with Crippen LogP contribution in [0.25, 0.3) is 0 Å². The van der Waals surface area contributed by atoms with E-state index in [4.69, 9.17) is 0 Å². The van der Waals surface area contributed by atoms with Crippen molar-refractivity contribution in [2.24, 2.45) is 18.9 Å². The van der Waals surface area contributed by atoms with E-state index in [-0.39, 0.29) is 11.7 Å². The summed E-state index contributed by atoms with van der Waals surface area (Å²) in [6.07, 6.45) is 7.83. The van der Waals surface area contributed by atoms with E-state index in [1.165, 1.54) is 24.7 Å². The zero-order valence-electron chi connectivity index (χ0n) is 15.6. The molecule has 1 fully saturated rings. The summed E-state index contributed by atoms with van der Waals surface area (Å²) >= 11 is 0. The van der Waals surface area contributed by atoms with E-state index in [0.29, 0.717) is 12.0 Å². The minimum Gasteiger partial charge on any atom is -0.306 e. The van der Waals surface area contributed by atoms with Gasteiger partial charge in [-0.2, -0.15) is 5.10 Å². The Kier molecular flexibility index (Phi) is 6.45. The quantitative estimate of drug-likeness (QED) is 0.739. The molecule has 3 atom stereocenters. The summed E-state index contributed by atoms with van der Waals surface area (Å²) in [6.45, 7) is 4.93. The molecule has 1 aliphatic heterocycles. The van der Waals surface area contributed by atoms with Gasteiger partial charge in [0.1, 0.15) is 9.84 Å². The molecule has 0 amide bonds. The summed E-state index contributed by atoms with van der Waals surface area (Å²) in [6, 6.07) is 0.389. The average Bonchev–Trinajstić information content (AvgIpc) is 2.82. The molecule has 1 unspecified atom stereocenters. The normalized spacial score (nSPS) is 24.4. The zero-order chi connectivity index (χ0) is 17.9. The number of nitrogens with zero attached hydrogens (tertiary/aromatic N) is 4. The fourth-order valence-corrected chi connectivity index (χ4v) is 5.29. The number of likely N-dealkylation sites (tertiary alicyclic amines) is 1. The third kappa shape index (κ3) is 5.57. The van der Waals surface area contributed by atoms with Crippen LogP contribution in [0.3, 0.4) is 0 Å². The molecule has 0 aromatic carbocycles. The van der Waals surface area contributed by atoms with Crippen molar-refractivity contribution in [2.45, 2.75) is 25.8 Å². The number of hydrogen-bond donors (Lipinski definition) is 0. The summed E-state index contributed by atoms with van der Waals surface area (Å²) in [5.41, 5.74) is 1.28. The van der Waals surface area contributed by atoms with Crippen molar-refractivity contribution in [2.75, 3.05) is 45.7 Å². The standard InChI is InChI=1S/C17H32N4O2S/c1-14(13-24(5,22)23)10-19(2)11-15-7-6-8-20(3)17(15)16-9-18-21(4)12-16/h9,12,14-15,17H,6-8,10-11,13H2,1-5H3/t14?,15-,17+/m0/s1. The zero-order valence-corrected chi connectivity index (χ0v) is 16.5. The first-order valence-corrected chi connectivity index (χ1v) is 10.8. The highest BCUT2D eigenvalue weighted by Crippen LogP contribution is 2.35. The van der Waals surface area contributed by atoms with E-state index in [0.717, 1.165) is 19.6 Å². The van der Waals surface area contributed by atoms with Crippen LogP contribution in [-0.4, -0.2) is 73.7 Å². The predicted octanol–water partition coefficient (Wildman–Crippen LogP) is 1.42. The van der Waals surface area contributed by atoms with Crippen LogP contribution in [0.2, 0.25) is 0 Å². The van der Waals surface area contributed by atoms with Crippen molar-refractivity contribution in [3.8, 4) is 0 Å². The van der Waals surface area contributed by atoms with Gasteiger partial charge in [0, 0.05) is 44.2 Å². The second kappa shape index (κ2) is 7.97. The third-order valence-electron chi connectivity index (χ3n) is 4.83. The summed E-state index contributed by atoms with van der Waals surface area (Å²) in [5.74, 6) is 0.958. The van der Waals surface area contributed by atoms with Gasteiger partial charge in [0.2, 0.25) is 0 Å². The molecule has 2 rings (SSSR count). The number of aryl methyl sites for hydroxylation is 1. The van der Waals surface area contributed by atoms with Gasteiger partial charge in [-0.1, -0.05) is 6.92 Å². The minimum atomic E-state index is -2.91. The highest BCUT2D eigenvalue weighted by molar-refractivity contribution is 7.90. The highest BCUT2D eigenvalue weighted by atomic mass is 32.2. The van der Waals surface area contributed by atoms with Crippen LogP contribution >= 0.6 is 0 Å².